The van der Waals surface area contributed by atoms with Crippen LogP contribution in [0.2, 0.25) is 0 Å². The smallest absolute Gasteiger partial charge is 0.221 e. The molecule has 0 unspecified atom stereocenters. The normalized spacial score (nSPS) is 15.5. The summed E-state index contributed by atoms with van der Waals surface area (Å²) >= 11 is 0. The molecule has 4 heteroatoms. The Morgan fingerprint density at radius 1 is 1.40 bits per heavy atom. The van der Waals surface area contributed by atoms with Crippen LogP contribution in [0.4, 0.5) is 11.4 Å². The molecule has 2 rings (SSSR count). The summed E-state index contributed by atoms with van der Waals surface area (Å²) < 4.78 is 0. The van der Waals surface area contributed by atoms with E-state index in [2.05, 4.69) is 16.0 Å². The van der Waals surface area contributed by atoms with Crippen molar-refractivity contribution in [2.45, 2.75) is 13.0 Å². The molecule has 4 nitrogen and oxygen atoms in total. The van der Waals surface area contributed by atoms with Gasteiger partial charge in [-0.05, 0) is 18.2 Å². The van der Waals surface area contributed by atoms with E-state index < -0.39 is 0 Å². The number of carbonyl (C=O) groups excluding carboxylic acids is 1. The quantitative estimate of drug-likeness (QED) is 0.690. The zero-order valence-electron chi connectivity index (χ0n) is 8.71. The van der Waals surface area contributed by atoms with Gasteiger partial charge in [-0.2, -0.15) is 0 Å². The standard InChI is InChI=1S/C11H15N3O/c1-8(15)13-9-3-2-4-10(5-9)14-11-6-12-7-11/h2-5,11-12,14H,6-7H2,1H3,(H,13,15). The first-order valence-electron chi connectivity index (χ1n) is 5.09. The van der Waals surface area contributed by atoms with Crippen LogP contribution < -0.4 is 16.0 Å². The average Bonchev–Trinajstić information content (AvgIpc) is 2.11. The average molecular weight is 205 g/mol. The zero-order chi connectivity index (χ0) is 10.7. The highest BCUT2D eigenvalue weighted by molar-refractivity contribution is 5.89. The molecule has 1 amide bonds. The van der Waals surface area contributed by atoms with Gasteiger partial charge in [-0.1, -0.05) is 6.07 Å². The van der Waals surface area contributed by atoms with Crippen molar-refractivity contribution in [3.63, 3.8) is 0 Å². The van der Waals surface area contributed by atoms with Crippen molar-refractivity contribution in [1.82, 2.24) is 5.32 Å². The van der Waals surface area contributed by atoms with Gasteiger partial charge in [0.1, 0.15) is 0 Å². The van der Waals surface area contributed by atoms with E-state index in [9.17, 15) is 4.79 Å². The largest absolute Gasteiger partial charge is 0.380 e. The fourth-order valence-electron chi connectivity index (χ4n) is 1.52. The molecule has 1 fully saturated rings. The molecule has 0 spiro atoms. The lowest BCUT2D eigenvalue weighted by molar-refractivity contribution is -0.114. The Morgan fingerprint density at radius 2 is 2.13 bits per heavy atom. The van der Waals surface area contributed by atoms with Gasteiger partial charge in [-0.3, -0.25) is 4.79 Å². The van der Waals surface area contributed by atoms with Gasteiger partial charge in [-0.15, -0.1) is 0 Å². The lowest BCUT2D eigenvalue weighted by Gasteiger charge is -2.29. The van der Waals surface area contributed by atoms with E-state index in [1.165, 1.54) is 6.92 Å². The van der Waals surface area contributed by atoms with Crippen LogP contribution in [-0.4, -0.2) is 25.0 Å². The van der Waals surface area contributed by atoms with Crippen molar-refractivity contribution in [2.24, 2.45) is 0 Å². The van der Waals surface area contributed by atoms with E-state index in [1.54, 1.807) is 0 Å². The second-order valence-corrected chi connectivity index (χ2v) is 3.76. The summed E-state index contributed by atoms with van der Waals surface area (Å²) in [6.45, 7) is 3.52. The summed E-state index contributed by atoms with van der Waals surface area (Å²) in [4.78, 5) is 10.9. The van der Waals surface area contributed by atoms with Crippen LogP contribution in [0.25, 0.3) is 0 Å². The van der Waals surface area contributed by atoms with Crippen LogP contribution in [0.3, 0.4) is 0 Å². The van der Waals surface area contributed by atoms with E-state index in [1.807, 2.05) is 24.3 Å². The van der Waals surface area contributed by atoms with Gasteiger partial charge in [0.25, 0.3) is 0 Å². The predicted molar refractivity (Wildman–Crippen MR) is 61.0 cm³/mol. The second-order valence-electron chi connectivity index (χ2n) is 3.76. The number of anilines is 2. The van der Waals surface area contributed by atoms with E-state index in [0.717, 1.165) is 24.5 Å². The Labute approximate surface area is 89.1 Å². The number of hydrogen-bond donors (Lipinski definition) is 3. The molecule has 15 heavy (non-hydrogen) atoms. The second kappa shape index (κ2) is 4.31. The van der Waals surface area contributed by atoms with E-state index in [4.69, 9.17) is 0 Å². The Morgan fingerprint density at radius 3 is 2.73 bits per heavy atom. The predicted octanol–water partition coefficient (Wildman–Crippen LogP) is 1.03. The Kier molecular flexibility index (Phi) is 2.87. The van der Waals surface area contributed by atoms with Crippen LogP contribution in [0, 0.1) is 0 Å². The molecule has 80 valence electrons. The van der Waals surface area contributed by atoms with Crippen molar-refractivity contribution in [3.8, 4) is 0 Å². The topological polar surface area (TPSA) is 53.2 Å². The number of hydrogen-bond acceptors (Lipinski definition) is 3. The van der Waals surface area contributed by atoms with Gasteiger partial charge in [0.15, 0.2) is 0 Å². The third-order valence-electron chi connectivity index (χ3n) is 2.34. The van der Waals surface area contributed by atoms with Crippen LogP contribution >= 0.6 is 0 Å². The van der Waals surface area contributed by atoms with Gasteiger partial charge < -0.3 is 16.0 Å². The van der Waals surface area contributed by atoms with Gasteiger partial charge in [-0.25, -0.2) is 0 Å². The maximum absolute atomic E-state index is 10.9. The maximum atomic E-state index is 10.9. The van der Waals surface area contributed by atoms with Gasteiger partial charge in [0.05, 0.1) is 6.04 Å². The van der Waals surface area contributed by atoms with Gasteiger partial charge in [0, 0.05) is 31.4 Å². The molecule has 1 aliphatic heterocycles. The van der Waals surface area contributed by atoms with Gasteiger partial charge >= 0.3 is 0 Å². The fourth-order valence-corrected chi connectivity index (χ4v) is 1.52. The first kappa shape index (κ1) is 9.98. The molecule has 1 saturated heterocycles. The summed E-state index contributed by atoms with van der Waals surface area (Å²) in [5.74, 6) is -0.0440. The highest BCUT2D eigenvalue weighted by Crippen LogP contribution is 2.16. The van der Waals surface area contributed by atoms with Crippen molar-refractivity contribution >= 4 is 17.3 Å². The molecule has 0 radical (unpaired) electrons. The molecule has 1 aromatic carbocycles. The molecule has 3 N–H and O–H groups in total. The third kappa shape index (κ3) is 2.70. The molecular weight excluding hydrogens is 190 g/mol. The van der Waals surface area contributed by atoms with Crippen LogP contribution in [0.1, 0.15) is 6.92 Å². The van der Waals surface area contributed by atoms with Crippen LogP contribution in [0.5, 0.6) is 0 Å². The molecule has 1 aliphatic rings. The molecule has 0 aliphatic carbocycles. The number of benzene rings is 1. The molecule has 1 heterocycles. The molecule has 1 aromatic rings. The third-order valence-corrected chi connectivity index (χ3v) is 2.34. The van der Waals surface area contributed by atoms with E-state index >= 15 is 0 Å². The van der Waals surface area contributed by atoms with Crippen molar-refractivity contribution in [3.05, 3.63) is 24.3 Å². The number of carbonyl (C=O) groups is 1. The fraction of sp³-hybridized carbons (Fsp3) is 0.364. The first-order valence-corrected chi connectivity index (χ1v) is 5.09. The molecule has 0 bridgehead atoms. The highest BCUT2D eigenvalue weighted by atomic mass is 16.1. The van der Waals surface area contributed by atoms with Crippen LogP contribution in [0.15, 0.2) is 24.3 Å². The summed E-state index contributed by atoms with van der Waals surface area (Å²) in [6, 6.07) is 8.27. The molecular formula is C11H15N3O. The van der Waals surface area contributed by atoms with Crippen molar-refractivity contribution in [2.75, 3.05) is 23.7 Å². The highest BCUT2D eigenvalue weighted by Gasteiger charge is 2.15. The summed E-state index contributed by atoms with van der Waals surface area (Å²) in [7, 11) is 0. The minimum atomic E-state index is -0.0440. The van der Waals surface area contributed by atoms with Gasteiger partial charge in [0.2, 0.25) is 5.91 Å². The SMILES string of the molecule is CC(=O)Nc1cccc(NC2CNC2)c1. The Balaban J connectivity index is 2.00. The lowest BCUT2D eigenvalue weighted by atomic mass is 10.1. The first-order chi connectivity index (χ1) is 7.24. The zero-order valence-corrected chi connectivity index (χ0v) is 8.71. The number of nitrogens with one attached hydrogen (secondary N) is 3. The van der Waals surface area contributed by atoms with Crippen molar-refractivity contribution in [1.29, 1.82) is 0 Å². The Bertz CT molecular complexity index is 361. The van der Waals surface area contributed by atoms with Crippen molar-refractivity contribution < 1.29 is 4.79 Å². The summed E-state index contributed by atoms with van der Waals surface area (Å²) in [5, 5.41) is 9.33. The molecule has 0 saturated carbocycles. The number of rotatable bonds is 3. The monoisotopic (exact) mass is 205 g/mol. The lowest BCUT2D eigenvalue weighted by Crippen LogP contribution is -2.51. The summed E-state index contributed by atoms with van der Waals surface area (Å²) in [5.41, 5.74) is 1.88. The number of amides is 1. The maximum Gasteiger partial charge on any atom is 0.221 e. The van der Waals surface area contributed by atoms with E-state index in [-0.39, 0.29) is 5.91 Å². The minimum absolute atomic E-state index is 0.0440. The molecule has 0 atom stereocenters. The van der Waals surface area contributed by atoms with Crippen LogP contribution in [-0.2, 0) is 4.79 Å². The van der Waals surface area contributed by atoms with E-state index in [0.29, 0.717) is 6.04 Å². The molecule has 0 aromatic heterocycles. The summed E-state index contributed by atoms with van der Waals surface area (Å²) in [6.07, 6.45) is 0. The minimum Gasteiger partial charge on any atom is -0.380 e. The Hall–Kier alpha value is -1.55.